The molecule has 1 N–H and O–H groups in total. The quantitative estimate of drug-likeness (QED) is 0.816. The highest BCUT2D eigenvalue weighted by Crippen LogP contribution is 2.23. The molecule has 4 heteroatoms. The molecule has 0 aromatic carbocycles. The molecule has 1 aliphatic carbocycles. The highest BCUT2D eigenvalue weighted by Gasteiger charge is 2.25. The zero-order chi connectivity index (χ0) is 16.8. The first kappa shape index (κ1) is 18.7. The van der Waals surface area contributed by atoms with Gasteiger partial charge < -0.3 is 10.2 Å². The molecular weight excluding hydrogens is 286 g/mol. The standard InChI is InChI=1S/C19H37N3O/c1-15-8-10-17(11-9-15)20-19(23)16(2)21(3)14-12-18-7-5-6-13-22(18)4/h15-18H,5-14H2,1-4H3,(H,20,23)/t15?,16-,17?,18+/m1/s1. The van der Waals surface area contributed by atoms with Crippen molar-refractivity contribution in [3.05, 3.63) is 0 Å². The van der Waals surface area contributed by atoms with Crippen molar-refractivity contribution in [2.75, 3.05) is 27.2 Å². The van der Waals surface area contributed by atoms with Crippen molar-refractivity contribution in [1.82, 2.24) is 15.1 Å². The van der Waals surface area contributed by atoms with Crippen LogP contribution in [0.5, 0.6) is 0 Å². The van der Waals surface area contributed by atoms with E-state index in [1.54, 1.807) is 0 Å². The normalized spacial score (nSPS) is 31.1. The van der Waals surface area contributed by atoms with Gasteiger partial charge in [0, 0.05) is 18.6 Å². The minimum Gasteiger partial charge on any atom is -0.352 e. The molecule has 1 aliphatic heterocycles. The number of nitrogens with one attached hydrogen (secondary N) is 1. The fourth-order valence-electron chi connectivity index (χ4n) is 3.98. The van der Waals surface area contributed by atoms with Crippen LogP contribution in [-0.2, 0) is 4.79 Å². The summed E-state index contributed by atoms with van der Waals surface area (Å²) in [4.78, 5) is 17.2. The maximum Gasteiger partial charge on any atom is 0.237 e. The average molecular weight is 324 g/mol. The molecule has 2 rings (SSSR count). The number of carbonyl (C=O) groups is 1. The number of hydrogen-bond acceptors (Lipinski definition) is 3. The second kappa shape index (κ2) is 9.03. The molecule has 0 radical (unpaired) electrons. The van der Waals surface area contributed by atoms with Crippen LogP contribution in [0, 0.1) is 5.92 Å². The van der Waals surface area contributed by atoms with E-state index in [4.69, 9.17) is 0 Å². The Morgan fingerprint density at radius 2 is 1.91 bits per heavy atom. The minimum atomic E-state index is -0.0248. The first-order chi connectivity index (χ1) is 11.0. The second-order valence-corrected chi connectivity index (χ2v) is 8.04. The maximum absolute atomic E-state index is 12.5. The predicted molar refractivity (Wildman–Crippen MR) is 96.5 cm³/mol. The van der Waals surface area contributed by atoms with Crippen molar-refractivity contribution in [2.24, 2.45) is 5.92 Å². The number of likely N-dealkylation sites (N-methyl/N-ethyl adjacent to an activating group) is 1. The fraction of sp³-hybridized carbons (Fsp3) is 0.947. The molecule has 0 aromatic heterocycles. The van der Waals surface area contributed by atoms with Crippen molar-refractivity contribution in [3.63, 3.8) is 0 Å². The molecule has 2 atom stereocenters. The average Bonchev–Trinajstić information content (AvgIpc) is 2.55. The third-order valence-corrected chi connectivity index (χ3v) is 6.14. The number of carbonyl (C=O) groups excluding carboxylic acids is 1. The Morgan fingerprint density at radius 3 is 2.57 bits per heavy atom. The van der Waals surface area contributed by atoms with Gasteiger partial charge in [-0.25, -0.2) is 0 Å². The summed E-state index contributed by atoms with van der Waals surface area (Å²) in [7, 11) is 4.33. The molecule has 23 heavy (non-hydrogen) atoms. The summed E-state index contributed by atoms with van der Waals surface area (Å²) in [5, 5.41) is 3.28. The van der Waals surface area contributed by atoms with Gasteiger partial charge in [0.25, 0.3) is 0 Å². The lowest BCUT2D eigenvalue weighted by atomic mass is 9.87. The first-order valence-corrected chi connectivity index (χ1v) is 9.68. The van der Waals surface area contributed by atoms with Gasteiger partial charge in [-0.05, 0) is 78.4 Å². The summed E-state index contributed by atoms with van der Waals surface area (Å²) < 4.78 is 0. The Morgan fingerprint density at radius 1 is 1.22 bits per heavy atom. The van der Waals surface area contributed by atoms with E-state index >= 15 is 0 Å². The SMILES string of the molecule is CC1CCC(NC(=O)[C@@H](C)N(C)CC[C@@H]2CCCCN2C)CC1. The summed E-state index contributed by atoms with van der Waals surface area (Å²) in [6.45, 7) is 6.60. The number of hydrogen-bond donors (Lipinski definition) is 1. The lowest BCUT2D eigenvalue weighted by Gasteiger charge is -2.35. The van der Waals surface area contributed by atoms with Crippen LogP contribution in [0.4, 0.5) is 0 Å². The van der Waals surface area contributed by atoms with Crippen LogP contribution in [0.2, 0.25) is 0 Å². The van der Waals surface area contributed by atoms with Gasteiger partial charge in [0.2, 0.25) is 5.91 Å². The topological polar surface area (TPSA) is 35.6 Å². The molecule has 4 nitrogen and oxygen atoms in total. The fourth-order valence-corrected chi connectivity index (χ4v) is 3.98. The van der Waals surface area contributed by atoms with Gasteiger partial charge in [-0.3, -0.25) is 9.69 Å². The molecule has 0 aromatic rings. The Bertz CT molecular complexity index is 366. The van der Waals surface area contributed by atoms with E-state index in [2.05, 4.69) is 36.1 Å². The summed E-state index contributed by atoms with van der Waals surface area (Å²) in [6, 6.07) is 1.07. The van der Waals surface area contributed by atoms with E-state index in [1.165, 1.54) is 45.1 Å². The number of rotatable bonds is 6. The lowest BCUT2D eigenvalue weighted by molar-refractivity contribution is -0.126. The third-order valence-electron chi connectivity index (χ3n) is 6.14. The number of nitrogens with zero attached hydrogens (tertiary/aromatic N) is 2. The maximum atomic E-state index is 12.5. The van der Waals surface area contributed by atoms with Gasteiger partial charge in [-0.15, -0.1) is 0 Å². The Labute approximate surface area is 143 Å². The molecule has 1 saturated carbocycles. The Kier molecular flexibility index (Phi) is 7.35. The molecular formula is C19H37N3O. The summed E-state index contributed by atoms with van der Waals surface area (Å²) in [6.07, 6.45) is 9.98. The van der Waals surface area contributed by atoms with Crippen molar-refractivity contribution < 1.29 is 4.79 Å². The lowest BCUT2D eigenvalue weighted by Crippen LogP contribution is -2.48. The molecule has 0 bridgehead atoms. The summed E-state index contributed by atoms with van der Waals surface area (Å²) >= 11 is 0. The number of piperidine rings is 1. The highest BCUT2D eigenvalue weighted by atomic mass is 16.2. The molecule has 2 aliphatic rings. The summed E-state index contributed by atoms with van der Waals surface area (Å²) in [5.41, 5.74) is 0. The van der Waals surface area contributed by atoms with Gasteiger partial charge in [0.15, 0.2) is 0 Å². The van der Waals surface area contributed by atoms with Gasteiger partial charge in [0.05, 0.1) is 6.04 Å². The second-order valence-electron chi connectivity index (χ2n) is 8.04. The van der Waals surface area contributed by atoms with E-state index < -0.39 is 0 Å². The van der Waals surface area contributed by atoms with Gasteiger partial charge >= 0.3 is 0 Å². The number of amides is 1. The zero-order valence-electron chi connectivity index (χ0n) is 15.7. The van der Waals surface area contributed by atoms with Crippen molar-refractivity contribution in [1.29, 1.82) is 0 Å². The molecule has 2 fully saturated rings. The largest absolute Gasteiger partial charge is 0.352 e. The van der Waals surface area contributed by atoms with E-state index in [0.29, 0.717) is 12.1 Å². The molecule has 1 saturated heterocycles. The van der Waals surface area contributed by atoms with Crippen LogP contribution in [0.25, 0.3) is 0 Å². The van der Waals surface area contributed by atoms with Crippen molar-refractivity contribution >= 4 is 5.91 Å². The Balaban J connectivity index is 1.70. The third kappa shape index (κ3) is 5.75. The van der Waals surface area contributed by atoms with Crippen molar-refractivity contribution in [2.45, 2.75) is 83.3 Å². The predicted octanol–water partition coefficient (Wildman–Crippen LogP) is 2.88. The summed E-state index contributed by atoms with van der Waals surface area (Å²) in [5.74, 6) is 1.04. The van der Waals surface area contributed by atoms with Crippen LogP contribution in [0.1, 0.15) is 65.2 Å². The van der Waals surface area contributed by atoms with E-state index in [9.17, 15) is 4.79 Å². The van der Waals surface area contributed by atoms with Gasteiger partial charge in [0.1, 0.15) is 0 Å². The molecule has 1 heterocycles. The molecule has 1 amide bonds. The van der Waals surface area contributed by atoms with Crippen LogP contribution in [0.15, 0.2) is 0 Å². The highest BCUT2D eigenvalue weighted by molar-refractivity contribution is 5.81. The first-order valence-electron chi connectivity index (χ1n) is 9.68. The molecule has 0 unspecified atom stereocenters. The molecule has 134 valence electrons. The van der Waals surface area contributed by atoms with Gasteiger partial charge in [-0.2, -0.15) is 0 Å². The van der Waals surface area contributed by atoms with Crippen LogP contribution in [0.3, 0.4) is 0 Å². The van der Waals surface area contributed by atoms with Crippen LogP contribution in [-0.4, -0.2) is 61.0 Å². The van der Waals surface area contributed by atoms with E-state index in [-0.39, 0.29) is 11.9 Å². The van der Waals surface area contributed by atoms with E-state index in [1.807, 2.05) is 6.92 Å². The Hall–Kier alpha value is -0.610. The smallest absolute Gasteiger partial charge is 0.237 e. The van der Waals surface area contributed by atoms with E-state index in [0.717, 1.165) is 25.3 Å². The number of likely N-dealkylation sites (tertiary alicyclic amines) is 1. The van der Waals surface area contributed by atoms with Crippen molar-refractivity contribution in [3.8, 4) is 0 Å². The van der Waals surface area contributed by atoms with Gasteiger partial charge in [-0.1, -0.05) is 13.3 Å². The van der Waals surface area contributed by atoms with Crippen LogP contribution < -0.4 is 5.32 Å². The minimum absolute atomic E-state index is 0.0248. The monoisotopic (exact) mass is 323 g/mol. The van der Waals surface area contributed by atoms with Crippen LogP contribution >= 0.6 is 0 Å². The zero-order valence-corrected chi connectivity index (χ0v) is 15.7. The molecule has 0 spiro atoms.